The van der Waals surface area contributed by atoms with Crippen molar-refractivity contribution in [3.8, 4) is 0 Å². The van der Waals surface area contributed by atoms with Gasteiger partial charge in [0.2, 0.25) is 0 Å². The molecule has 24 heavy (non-hydrogen) atoms. The zero-order valence-electron chi connectivity index (χ0n) is 13.8. The van der Waals surface area contributed by atoms with Gasteiger partial charge in [-0.25, -0.2) is 4.79 Å². The van der Waals surface area contributed by atoms with Crippen molar-refractivity contribution in [1.82, 2.24) is 10.6 Å². The second-order valence-electron chi connectivity index (χ2n) is 6.22. The molecule has 1 amide bonds. The summed E-state index contributed by atoms with van der Waals surface area (Å²) in [7, 11) is 0. The van der Waals surface area contributed by atoms with Crippen molar-refractivity contribution >= 4 is 6.09 Å². The van der Waals surface area contributed by atoms with Crippen LogP contribution in [0.1, 0.15) is 29.9 Å². The Hall–Kier alpha value is -2.33. The number of hydrogen-bond donors (Lipinski definition) is 2. The molecule has 1 aliphatic heterocycles. The average molecular weight is 324 g/mol. The smallest absolute Gasteiger partial charge is 0.407 e. The topological polar surface area (TPSA) is 50.4 Å². The lowest BCUT2D eigenvalue weighted by atomic mass is 9.87. The van der Waals surface area contributed by atoms with E-state index in [1.165, 1.54) is 5.56 Å². The third kappa shape index (κ3) is 4.83. The molecule has 4 heteroatoms. The zero-order valence-corrected chi connectivity index (χ0v) is 13.8. The lowest BCUT2D eigenvalue weighted by Gasteiger charge is -2.30. The monoisotopic (exact) mass is 324 g/mol. The van der Waals surface area contributed by atoms with Crippen LogP contribution in [0.2, 0.25) is 0 Å². The minimum atomic E-state index is -0.359. The molecule has 2 aromatic carbocycles. The Balaban J connectivity index is 1.42. The first kappa shape index (κ1) is 16.5. The van der Waals surface area contributed by atoms with Crippen molar-refractivity contribution < 1.29 is 9.53 Å². The van der Waals surface area contributed by atoms with Crippen LogP contribution in [-0.2, 0) is 11.3 Å². The fourth-order valence-corrected chi connectivity index (χ4v) is 3.16. The lowest BCUT2D eigenvalue weighted by Crippen LogP contribution is -2.41. The van der Waals surface area contributed by atoms with Gasteiger partial charge in [0.25, 0.3) is 0 Å². The van der Waals surface area contributed by atoms with Crippen molar-refractivity contribution in [2.45, 2.75) is 31.3 Å². The highest BCUT2D eigenvalue weighted by molar-refractivity contribution is 5.67. The van der Waals surface area contributed by atoms with E-state index in [0.29, 0.717) is 19.1 Å². The maximum Gasteiger partial charge on any atom is 0.407 e. The summed E-state index contributed by atoms with van der Waals surface area (Å²) in [5.74, 6) is 0.536. The maximum atomic E-state index is 11.8. The molecule has 0 radical (unpaired) electrons. The van der Waals surface area contributed by atoms with Crippen molar-refractivity contribution in [3.63, 3.8) is 0 Å². The largest absolute Gasteiger partial charge is 0.448 e. The number of alkyl carbamates (subject to hydrolysis) is 1. The second kappa shape index (κ2) is 8.50. The van der Waals surface area contributed by atoms with E-state index in [2.05, 4.69) is 34.9 Å². The summed E-state index contributed by atoms with van der Waals surface area (Å²) in [5.41, 5.74) is 2.44. The third-order valence-corrected chi connectivity index (χ3v) is 4.46. The summed E-state index contributed by atoms with van der Waals surface area (Å²) in [6.07, 6.45) is 1.76. The van der Waals surface area contributed by atoms with Crippen LogP contribution in [0.4, 0.5) is 4.79 Å². The molecule has 1 heterocycles. The molecule has 1 fully saturated rings. The Labute approximate surface area is 143 Å². The first-order chi connectivity index (χ1) is 11.8. The van der Waals surface area contributed by atoms with E-state index in [1.54, 1.807) is 0 Å². The zero-order chi connectivity index (χ0) is 16.6. The molecule has 3 rings (SSSR count). The molecule has 0 aromatic heterocycles. The van der Waals surface area contributed by atoms with E-state index < -0.39 is 0 Å². The highest BCUT2D eigenvalue weighted by Gasteiger charge is 2.23. The minimum Gasteiger partial charge on any atom is -0.448 e. The van der Waals surface area contributed by atoms with Crippen LogP contribution in [0.25, 0.3) is 0 Å². The minimum absolute atomic E-state index is 0.214. The average Bonchev–Trinajstić information content (AvgIpc) is 2.66. The van der Waals surface area contributed by atoms with Crippen LogP contribution < -0.4 is 10.6 Å². The van der Waals surface area contributed by atoms with Crippen LogP contribution in [0.5, 0.6) is 0 Å². The number of hydrogen-bond acceptors (Lipinski definition) is 3. The number of rotatable bonds is 5. The van der Waals surface area contributed by atoms with Crippen LogP contribution in [0.3, 0.4) is 0 Å². The molecule has 0 spiro atoms. The molecular formula is C20H24N2O2. The first-order valence-corrected chi connectivity index (χ1v) is 8.54. The van der Waals surface area contributed by atoms with Gasteiger partial charge in [-0.3, -0.25) is 0 Å². The van der Waals surface area contributed by atoms with Crippen molar-refractivity contribution in [2.75, 3.05) is 13.2 Å². The van der Waals surface area contributed by atoms with E-state index in [4.69, 9.17) is 4.74 Å². The summed E-state index contributed by atoms with van der Waals surface area (Å²) in [5, 5.41) is 6.24. The Kier molecular flexibility index (Phi) is 5.85. The van der Waals surface area contributed by atoms with Gasteiger partial charge < -0.3 is 15.4 Å². The number of ether oxygens (including phenoxy) is 1. The molecule has 2 aromatic rings. The molecular weight excluding hydrogens is 300 g/mol. The van der Waals surface area contributed by atoms with Crippen molar-refractivity contribution in [3.05, 3.63) is 71.8 Å². The van der Waals surface area contributed by atoms with E-state index in [9.17, 15) is 4.79 Å². The summed E-state index contributed by atoms with van der Waals surface area (Å²) in [4.78, 5) is 11.8. The Morgan fingerprint density at radius 1 is 1.08 bits per heavy atom. The van der Waals surface area contributed by atoms with Crippen molar-refractivity contribution in [1.29, 1.82) is 0 Å². The maximum absolute atomic E-state index is 11.8. The normalized spacial score (nSPS) is 20.3. The van der Waals surface area contributed by atoms with Gasteiger partial charge >= 0.3 is 6.09 Å². The molecule has 0 unspecified atom stereocenters. The van der Waals surface area contributed by atoms with Crippen LogP contribution >= 0.6 is 0 Å². The molecule has 2 N–H and O–H groups in total. The van der Waals surface area contributed by atoms with E-state index in [-0.39, 0.29) is 12.1 Å². The quantitative estimate of drug-likeness (QED) is 0.886. The molecule has 4 nitrogen and oxygen atoms in total. The lowest BCUT2D eigenvalue weighted by molar-refractivity contribution is 0.125. The number of benzene rings is 2. The molecule has 1 aliphatic rings. The molecule has 1 saturated heterocycles. The summed E-state index contributed by atoms with van der Waals surface area (Å²) in [6, 6.07) is 20.6. The van der Waals surface area contributed by atoms with Crippen LogP contribution in [-0.4, -0.2) is 25.3 Å². The molecule has 2 atom stereocenters. The standard InChI is InChI=1S/C20H24N2O2/c23-20(22-14-16-7-3-1-4-8-16)24-15-19-13-18(11-12-21-19)17-9-5-2-6-10-17/h1-10,18-19,21H,11-15H2,(H,22,23)/t18-,19-/m0/s1. The summed E-state index contributed by atoms with van der Waals surface area (Å²) in [6.45, 7) is 1.85. The summed E-state index contributed by atoms with van der Waals surface area (Å²) >= 11 is 0. The number of amides is 1. The van der Waals surface area contributed by atoms with Crippen LogP contribution in [0.15, 0.2) is 60.7 Å². The van der Waals surface area contributed by atoms with Crippen molar-refractivity contribution in [2.24, 2.45) is 0 Å². The molecule has 126 valence electrons. The fraction of sp³-hybridized carbons (Fsp3) is 0.350. The number of carbonyl (C=O) groups excluding carboxylic acids is 1. The Bertz CT molecular complexity index is 631. The van der Waals surface area contributed by atoms with Gasteiger partial charge in [0.15, 0.2) is 0 Å². The van der Waals surface area contributed by atoms with Gasteiger partial charge in [-0.2, -0.15) is 0 Å². The van der Waals surface area contributed by atoms with E-state index >= 15 is 0 Å². The highest BCUT2D eigenvalue weighted by Crippen LogP contribution is 2.27. The van der Waals surface area contributed by atoms with E-state index in [1.807, 2.05) is 36.4 Å². The third-order valence-electron chi connectivity index (χ3n) is 4.46. The second-order valence-corrected chi connectivity index (χ2v) is 6.22. The van der Waals surface area contributed by atoms with Gasteiger partial charge in [0, 0.05) is 12.6 Å². The van der Waals surface area contributed by atoms with Gasteiger partial charge in [0.05, 0.1) is 0 Å². The molecule has 0 bridgehead atoms. The number of piperidine rings is 1. The predicted octanol–water partition coefficient (Wildman–Crippen LogP) is 3.45. The van der Waals surface area contributed by atoms with E-state index in [0.717, 1.165) is 24.9 Å². The predicted molar refractivity (Wildman–Crippen MR) is 94.8 cm³/mol. The Morgan fingerprint density at radius 3 is 2.54 bits per heavy atom. The number of nitrogens with one attached hydrogen (secondary N) is 2. The highest BCUT2D eigenvalue weighted by atomic mass is 16.5. The fourth-order valence-electron chi connectivity index (χ4n) is 3.16. The van der Waals surface area contributed by atoms with Gasteiger partial charge in [0.1, 0.15) is 6.61 Å². The Morgan fingerprint density at radius 2 is 1.79 bits per heavy atom. The van der Waals surface area contributed by atoms with Gasteiger partial charge in [-0.05, 0) is 36.4 Å². The van der Waals surface area contributed by atoms with Gasteiger partial charge in [-0.15, -0.1) is 0 Å². The summed E-state index contributed by atoms with van der Waals surface area (Å²) < 4.78 is 5.37. The number of carbonyl (C=O) groups is 1. The van der Waals surface area contributed by atoms with Crippen LogP contribution in [0, 0.1) is 0 Å². The van der Waals surface area contributed by atoms with Gasteiger partial charge in [-0.1, -0.05) is 60.7 Å². The molecule has 0 aliphatic carbocycles. The SMILES string of the molecule is O=C(NCc1ccccc1)OC[C@@H]1C[C@@H](c2ccccc2)CCN1. The molecule has 0 saturated carbocycles. The first-order valence-electron chi connectivity index (χ1n) is 8.54.